The van der Waals surface area contributed by atoms with Crippen molar-refractivity contribution in [3.63, 3.8) is 0 Å². The van der Waals surface area contributed by atoms with Crippen molar-refractivity contribution in [1.82, 2.24) is 9.97 Å². The Morgan fingerprint density at radius 3 is 2.88 bits per heavy atom. The molecule has 1 heterocycles. The van der Waals surface area contributed by atoms with Gasteiger partial charge in [-0.05, 0) is 13.8 Å². The summed E-state index contributed by atoms with van der Waals surface area (Å²) in [6.45, 7) is 3.60. The summed E-state index contributed by atoms with van der Waals surface area (Å²) in [6.07, 6.45) is 8.06. The smallest absolute Gasteiger partial charge is 0.343 e. The Bertz CT molecular complexity index is 435. The van der Waals surface area contributed by atoms with Crippen LogP contribution in [-0.2, 0) is 4.74 Å². The standard InChI is InChI=1S/C11H13N3O2/c1-5-11(2,3)14-9-8(10(15)16-4)6-12-7-13-9/h1,6-7H,2-4H3,(H,12,13,14). The summed E-state index contributed by atoms with van der Waals surface area (Å²) in [4.78, 5) is 19.1. The topological polar surface area (TPSA) is 64.1 Å². The molecule has 1 N–H and O–H groups in total. The van der Waals surface area contributed by atoms with E-state index in [4.69, 9.17) is 6.42 Å². The Morgan fingerprint density at radius 2 is 2.31 bits per heavy atom. The fourth-order valence-electron chi connectivity index (χ4n) is 1.02. The van der Waals surface area contributed by atoms with Gasteiger partial charge in [0.1, 0.15) is 17.7 Å². The number of terminal acetylenes is 1. The summed E-state index contributed by atoms with van der Waals surface area (Å²) < 4.78 is 4.61. The van der Waals surface area contributed by atoms with Crippen molar-refractivity contribution in [2.75, 3.05) is 12.4 Å². The van der Waals surface area contributed by atoms with Crippen LogP contribution in [0, 0.1) is 12.3 Å². The van der Waals surface area contributed by atoms with Gasteiger partial charge in [-0.25, -0.2) is 14.8 Å². The number of hydrogen-bond acceptors (Lipinski definition) is 5. The maximum absolute atomic E-state index is 11.4. The Hall–Kier alpha value is -2.09. The van der Waals surface area contributed by atoms with Crippen molar-refractivity contribution in [2.45, 2.75) is 19.4 Å². The van der Waals surface area contributed by atoms with Crippen molar-refractivity contribution in [2.24, 2.45) is 0 Å². The quantitative estimate of drug-likeness (QED) is 0.609. The van der Waals surface area contributed by atoms with E-state index in [0.29, 0.717) is 5.82 Å². The van der Waals surface area contributed by atoms with Gasteiger partial charge >= 0.3 is 5.97 Å². The molecule has 0 radical (unpaired) electrons. The minimum Gasteiger partial charge on any atom is -0.465 e. The lowest BCUT2D eigenvalue weighted by atomic mass is 10.1. The van der Waals surface area contributed by atoms with Crippen molar-refractivity contribution >= 4 is 11.8 Å². The minimum atomic E-state index is -0.600. The van der Waals surface area contributed by atoms with E-state index in [1.165, 1.54) is 19.6 Å². The van der Waals surface area contributed by atoms with Crippen LogP contribution >= 0.6 is 0 Å². The van der Waals surface area contributed by atoms with Crippen LogP contribution in [0.4, 0.5) is 5.82 Å². The number of esters is 1. The highest BCUT2D eigenvalue weighted by Gasteiger charge is 2.19. The highest BCUT2D eigenvalue weighted by Crippen LogP contribution is 2.16. The summed E-state index contributed by atoms with van der Waals surface area (Å²) in [5, 5.41) is 2.96. The molecule has 0 aliphatic carbocycles. The second-order valence-corrected chi connectivity index (χ2v) is 3.67. The van der Waals surface area contributed by atoms with Gasteiger partial charge in [-0.3, -0.25) is 0 Å². The Balaban J connectivity index is 3.06. The average molecular weight is 219 g/mol. The van der Waals surface area contributed by atoms with Crippen LogP contribution in [0.3, 0.4) is 0 Å². The molecular weight excluding hydrogens is 206 g/mol. The fraction of sp³-hybridized carbons (Fsp3) is 0.364. The molecule has 5 nitrogen and oxygen atoms in total. The number of anilines is 1. The van der Waals surface area contributed by atoms with E-state index in [9.17, 15) is 4.79 Å². The number of methoxy groups -OCH3 is 1. The van der Waals surface area contributed by atoms with Crippen LogP contribution in [0.1, 0.15) is 24.2 Å². The second-order valence-electron chi connectivity index (χ2n) is 3.67. The zero-order chi connectivity index (χ0) is 12.2. The zero-order valence-corrected chi connectivity index (χ0v) is 9.44. The molecule has 5 heteroatoms. The molecule has 0 bridgehead atoms. The molecule has 0 aromatic carbocycles. The van der Waals surface area contributed by atoms with E-state index in [1.807, 2.05) is 0 Å². The van der Waals surface area contributed by atoms with E-state index >= 15 is 0 Å². The number of rotatable bonds is 3. The van der Waals surface area contributed by atoms with Crippen LogP contribution in [0.15, 0.2) is 12.5 Å². The summed E-state index contributed by atoms with van der Waals surface area (Å²) in [6, 6.07) is 0. The fourth-order valence-corrected chi connectivity index (χ4v) is 1.02. The highest BCUT2D eigenvalue weighted by atomic mass is 16.5. The van der Waals surface area contributed by atoms with Crippen LogP contribution in [0.2, 0.25) is 0 Å². The van der Waals surface area contributed by atoms with Gasteiger partial charge in [-0.1, -0.05) is 5.92 Å². The second kappa shape index (κ2) is 4.62. The van der Waals surface area contributed by atoms with Crippen molar-refractivity contribution in [3.05, 3.63) is 18.1 Å². The van der Waals surface area contributed by atoms with Crippen LogP contribution in [0.5, 0.6) is 0 Å². The maximum atomic E-state index is 11.4. The number of hydrogen-bond donors (Lipinski definition) is 1. The van der Waals surface area contributed by atoms with Crippen molar-refractivity contribution in [3.8, 4) is 12.3 Å². The van der Waals surface area contributed by atoms with Crippen molar-refractivity contribution in [1.29, 1.82) is 0 Å². The zero-order valence-electron chi connectivity index (χ0n) is 9.44. The lowest BCUT2D eigenvalue weighted by Crippen LogP contribution is -2.30. The van der Waals surface area contributed by atoms with E-state index in [0.717, 1.165) is 0 Å². The summed E-state index contributed by atoms with van der Waals surface area (Å²) in [7, 11) is 1.30. The van der Waals surface area contributed by atoms with Crippen LogP contribution in [-0.4, -0.2) is 28.6 Å². The van der Waals surface area contributed by atoms with E-state index in [-0.39, 0.29) is 5.56 Å². The number of nitrogens with zero attached hydrogens (tertiary/aromatic N) is 2. The molecule has 1 aromatic rings. The van der Waals surface area contributed by atoms with Gasteiger partial charge in [-0.15, -0.1) is 6.42 Å². The number of carbonyl (C=O) groups excluding carboxylic acids is 1. The summed E-state index contributed by atoms with van der Waals surface area (Å²) in [5.41, 5.74) is -0.342. The van der Waals surface area contributed by atoms with Crippen LogP contribution in [0.25, 0.3) is 0 Å². The molecule has 0 aliphatic heterocycles. The van der Waals surface area contributed by atoms with E-state index < -0.39 is 11.5 Å². The van der Waals surface area contributed by atoms with Gasteiger partial charge in [0.05, 0.1) is 12.6 Å². The molecule has 0 spiro atoms. The lowest BCUT2D eigenvalue weighted by molar-refractivity contribution is 0.0601. The normalized spacial score (nSPS) is 10.4. The monoisotopic (exact) mass is 219 g/mol. The molecule has 0 saturated carbocycles. The molecule has 16 heavy (non-hydrogen) atoms. The summed E-state index contributed by atoms with van der Waals surface area (Å²) >= 11 is 0. The first kappa shape index (κ1) is 12.0. The third-order valence-corrected chi connectivity index (χ3v) is 1.91. The molecule has 84 valence electrons. The first-order valence-corrected chi connectivity index (χ1v) is 4.64. The predicted octanol–water partition coefficient (Wildman–Crippen LogP) is 1.09. The highest BCUT2D eigenvalue weighted by molar-refractivity contribution is 5.94. The predicted molar refractivity (Wildman–Crippen MR) is 59.9 cm³/mol. The van der Waals surface area contributed by atoms with Crippen molar-refractivity contribution < 1.29 is 9.53 Å². The molecule has 0 aliphatic rings. The van der Waals surface area contributed by atoms with E-state index in [2.05, 4.69) is 25.9 Å². The molecule has 0 atom stereocenters. The number of ether oxygens (including phenoxy) is 1. The Morgan fingerprint density at radius 1 is 1.62 bits per heavy atom. The molecule has 0 unspecified atom stereocenters. The first-order chi connectivity index (χ1) is 7.50. The number of aromatic nitrogens is 2. The lowest BCUT2D eigenvalue weighted by Gasteiger charge is -2.21. The van der Waals surface area contributed by atoms with Gasteiger partial charge in [0.25, 0.3) is 0 Å². The van der Waals surface area contributed by atoms with E-state index in [1.54, 1.807) is 13.8 Å². The minimum absolute atomic E-state index is 0.258. The molecule has 1 rings (SSSR count). The largest absolute Gasteiger partial charge is 0.465 e. The SMILES string of the molecule is C#CC(C)(C)Nc1ncncc1C(=O)OC. The van der Waals surface area contributed by atoms with Gasteiger partial charge in [0.15, 0.2) is 0 Å². The molecular formula is C11H13N3O2. The first-order valence-electron chi connectivity index (χ1n) is 4.64. The van der Waals surface area contributed by atoms with Gasteiger partial charge in [0.2, 0.25) is 0 Å². The van der Waals surface area contributed by atoms with Gasteiger partial charge in [0, 0.05) is 6.20 Å². The third kappa shape index (κ3) is 2.70. The number of carbonyl (C=O) groups is 1. The summed E-state index contributed by atoms with van der Waals surface area (Å²) in [5.74, 6) is 2.41. The Labute approximate surface area is 94.2 Å². The molecule has 1 aromatic heterocycles. The molecule has 0 amide bonds. The maximum Gasteiger partial charge on any atom is 0.343 e. The number of nitrogens with one attached hydrogen (secondary N) is 1. The Kier molecular flexibility index (Phi) is 3.46. The van der Waals surface area contributed by atoms with Crippen LogP contribution < -0.4 is 5.32 Å². The average Bonchev–Trinajstić information content (AvgIpc) is 2.28. The van der Waals surface area contributed by atoms with Gasteiger partial charge in [-0.2, -0.15) is 0 Å². The molecule has 0 saturated heterocycles. The van der Waals surface area contributed by atoms with Gasteiger partial charge < -0.3 is 10.1 Å². The third-order valence-electron chi connectivity index (χ3n) is 1.91. The molecule has 0 fully saturated rings.